The molecule has 0 aromatic heterocycles. The van der Waals surface area contributed by atoms with Crippen LogP contribution in [0, 0.1) is 5.92 Å². The van der Waals surface area contributed by atoms with Crippen LogP contribution < -0.4 is 10.5 Å². The number of halogens is 1. The minimum atomic E-state index is -3.48. The summed E-state index contributed by atoms with van der Waals surface area (Å²) >= 11 is 3.24. The molecule has 0 aliphatic rings. The Hall–Kier alpha value is -0.590. The Morgan fingerprint density at radius 2 is 1.89 bits per heavy atom. The summed E-state index contributed by atoms with van der Waals surface area (Å²) in [5.41, 5.74) is 6.17. The Bertz CT molecular complexity index is 529. The normalized spacial score (nSPS) is 13.7. The molecule has 1 aromatic rings. The maximum absolute atomic E-state index is 12.2. The van der Waals surface area contributed by atoms with Gasteiger partial charge in [-0.1, -0.05) is 13.8 Å². The zero-order valence-electron chi connectivity index (χ0n) is 11.5. The van der Waals surface area contributed by atoms with Crippen molar-refractivity contribution in [2.45, 2.75) is 44.6 Å². The van der Waals surface area contributed by atoms with Crippen molar-refractivity contribution >= 4 is 31.6 Å². The lowest BCUT2D eigenvalue weighted by Gasteiger charge is -2.15. The molecule has 108 valence electrons. The fourth-order valence-corrected chi connectivity index (χ4v) is 3.48. The molecule has 1 unspecified atom stereocenters. The molecule has 1 aromatic carbocycles. The van der Waals surface area contributed by atoms with E-state index in [4.69, 9.17) is 5.73 Å². The number of anilines is 1. The lowest BCUT2D eigenvalue weighted by molar-refractivity contribution is 0.485. The van der Waals surface area contributed by atoms with Gasteiger partial charge in [-0.15, -0.1) is 0 Å². The van der Waals surface area contributed by atoms with Gasteiger partial charge in [0.25, 0.3) is 0 Å². The molecule has 0 aliphatic carbocycles. The second-order valence-corrected chi connectivity index (χ2v) is 7.75. The van der Waals surface area contributed by atoms with Crippen LogP contribution in [0.15, 0.2) is 27.6 Å². The number of hydrogen-bond acceptors (Lipinski definition) is 3. The molecule has 1 rings (SSSR count). The topological polar surface area (TPSA) is 72.2 Å². The molecule has 0 aliphatic heterocycles. The van der Waals surface area contributed by atoms with Gasteiger partial charge >= 0.3 is 0 Å². The molecule has 0 spiro atoms. The Morgan fingerprint density at radius 1 is 1.26 bits per heavy atom. The Balaban J connectivity index is 2.77. The molecular formula is C13H21BrN2O2S. The monoisotopic (exact) mass is 348 g/mol. The number of nitrogens with two attached hydrogens (primary N) is 1. The number of rotatable bonds is 6. The van der Waals surface area contributed by atoms with E-state index in [1.807, 2.05) is 6.92 Å². The Morgan fingerprint density at radius 3 is 2.42 bits per heavy atom. The minimum absolute atomic E-state index is 0.0799. The van der Waals surface area contributed by atoms with E-state index >= 15 is 0 Å². The smallest absolute Gasteiger partial charge is 0.240 e. The van der Waals surface area contributed by atoms with Gasteiger partial charge in [0.15, 0.2) is 0 Å². The molecule has 0 heterocycles. The van der Waals surface area contributed by atoms with Crippen molar-refractivity contribution < 1.29 is 8.42 Å². The van der Waals surface area contributed by atoms with Crippen molar-refractivity contribution in [3.63, 3.8) is 0 Å². The SMILES string of the molecule is CC(C)CCC(C)NS(=O)(=O)c1ccc(N)c(Br)c1. The van der Waals surface area contributed by atoms with Gasteiger partial charge < -0.3 is 5.73 Å². The van der Waals surface area contributed by atoms with E-state index in [1.54, 1.807) is 6.07 Å². The molecule has 1 atom stereocenters. The third-order valence-corrected chi connectivity index (χ3v) is 5.09. The van der Waals surface area contributed by atoms with E-state index < -0.39 is 10.0 Å². The van der Waals surface area contributed by atoms with Gasteiger partial charge in [-0.25, -0.2) is 13.1 Å². The van der Waals surface area contributed by atoms with E-state index in [0.717, 1.165) is 12.8 Å². The number of nitrogen functional groups attached to an aromatic ring is 1. The van der Waals surface area contributed by atoms with Gasteiger partial charge in [-0.2, -0.15) is 0 Å². The van der Waals surface area contributed by atoms with Gasteiger partial charge in [-0.3, -0.25) is 0 Å². The highest BCUT2D eigenvalue weighted by molar-refractivity contribution is 9.10. The Kier molecular flexibility index (Phi) is 5.82. The summed E-state index contributed by atoms with van der Waals surface area (Å²) in [5, 5.41) is 0. The van der Waals surface area contributed by atoms with Gasteiger partial charge in [0.1, 0.15) is 0 Å². The molecule has 4 nitrogen and oxygen atoms in total. The van der Waals surface area contributed by atoms with Crippen LogP contribution in [0.5, 0.6) is 0 Å². The summed E-state index contributed by atoms with van der Waals surface area (Å²) in [4.78, 5) is 0.227. The minimum Gasteiger partial charge on any atom is -0.398 e. The van der Waals surface area contributed by atoms with Crippen LogP contribution in [-0.4, -0.2) is 14.5 Å². The van der Waals surface area contributed by atoms with Crippen LogP contribution in [0.3, 0.4) is 0 Å². The summed E-state index contributed by atoms with van der Waals surface area (Å²) < 4.78 is 27.6. The summed E-state index contributed by atoms with van der Waals surface area (Å²) in [6, 6.07) is 4.53. The lowest BCUT2D eigenvalue weighted by atomic mass is 10.1. The van der Waals surface area contributed by atoms with E-state index in [0.29, 0.717) is 16.1 Å². The molecule has 19 heavy (non-hydrogen) atoms. The summed E-state index contributed by atoms with van der Waals surface area (Å²) in [6.45, 7) is 6.13. The first-order valence-corrected chi connectivity index (χ1v) is 8.57. The quantitative estimate of drug-likeness (QED) is 0.775. The number of sulfonamides is 1. The van der Waals surface area contributed by atoms with Crippen LogP contribution in [0.2, 0.25) is 0 Å². The van der Waals surface area contributed by atoms with Gasteiger partial charge in [0.2, 0.25) is 10.0 Å². The average molecular weight is 349 g/mol. The highest BCUT2D eigenvalue weighted by Gasteiger charge is 2.18. The van der Waals surface area contributed by atoms with Crippen LogP contribution >= 0.6 is 15.9 Å². The predicted molar refractivity (Wildman–Crippen MR) is 82.4 cm³/mol. The molecule has 0 fully saturated rings. The fraction of sp³-hybridized carbons (Fsp3) is 0.538. The standard InChI is InChI=1S/C13H21BrN2O2S/c1-9(2)4-5-10(3)16-19(17,18)11-6-7-13(15)12(14)8-11/h6-10,16H,4-5,15H2,1-3H3. The van der Waals surface area contributed by atoms with Crippen molar-refractivity contribution in [3.8, 4) is 0 Å². The van der Waals surface area contributed by atoms with Crippen LogP contribution in [0.25, 0.3) is 0 Å². The van der Waals surface area contributed by atoms with Gasteiger partial charge in [-0.05, 0) is 59.8 Å². The first-order valence-electron chi connectivity index (χ1n) is 6.29. The number of benzene rings is 1. The van der Waals surface area contributed by atoms with Crippen LogP contribution in [0.1, 0.15) is 33.6 Å². The summed E-state index contributed by atoms with van der Waals surface area (Å²) in [7, 11) is -3.48. The molecular weight excluding hydrogens is 328 g/mol. The molecule has 0 amide bonds. The molecule has 6 heteroatoms. The third-order valence-electron chi connectivity index (χ3n) is 2.82. The first-order chi connectivity index (χ1) is 8.72. The highest BCUT2D eigenvalue weighted by Crippen LogP contribution is 2.23. The van der Waals surface area contributed by atoms with Crippen molar-refractivity contribution in [2.24, 2.45) is 5.92 Å². The third kappa shape index (κ3) is 5.12. The largest absolute Gasteiger partial charge is 0.398 e. The van der Waals surface area contributed by atoms with Crippen LogP contribution in [0.4, 0.5) is 5.69 Å². The summed E-state index contributed by atoms with van der Waals surface area (Å²) in [5.74, 6) is 0.567. The molecule has 0 bridgehead atoms. The van der Waals surface area contributed by atoms with Crippen molar-refractivity contribution in [1.82, 2.24) is 4.72 Å². The summed E-state index contributed by atoms with van der Waals surface area (Å²) in [6.07, 6.45) is 1.82. The highest BCUT2D eigenvalue weighted by atomic mass is 79.9. The number of hydrogen-bond donors (Lipinski definition) is 2. The molecule has 0 radical (unpaired) electrons. The zero-order valence-corrected chi connectivity index (χ0v) is 13.9. The van der Waals surface area contributed by atoms with Crippen LogP contribution in [-0.2, 0) is 10.0 Å². The lowest BCUT2D eigenvalue weighted by Crippen LogP contribution is -2.32. The fourth-order valence-electron chi connectivity index (χ4n) is 1.65. The van der Waals surface area contributed by atoms with Crippen molar-refractivity contribution in [3.05, 3.63) is 22.7 Å². The van der Waals surface area contributed by atoms with Gasteiger partial charge in [0, 0.05) is 16.2 Å². The van der Waals surface area contributed by atoms with E-state index in [9.17, 15) is 8.42 Å². The predicted octanol–water partition coefficient (Wildman–Crippen LogP) is 3.13. The molecule has 0 saturated carbocycles. The van der Waals surface area contributed by atoms with Gasteiger partial charge in [0.05, 0.1) is 4.90 Å². The number of nitrogens with one attached hydrogen (secondary N) is 1. The van der Waals surface area contributed by atoms with E-state index in [2.05, 4.69) is 34.5 Å². The average Bonchev–Trinajstić information content (AvgIpc) is 2.29. The zero-order chi connectivity index (χ0) is 14.6. The molecule has 0 saturated heterocycles. The molecule has 3 N–H and O–H groups in total. The maximum atomic E-state index is 12.2. The Labute approximate surface area is 124 Å². The van der Waals surface area contributed by atoms with E-state index in [1.165, 1.54) is 12.1 Å². The van der Waals surface area contributed by atoms with Crippen molar-refractivity contribution in [1.29, 1.82) is 0 Å². The first kappa shape index (κ1) is 16.5. The second-order valence-electron chi connectivity index (χ2n) is 5.18. The second kappa shape index (κ2) is 6.72. The van der Waals surface area contributed by atoms with Crippen molar-refractivity contribution in [2.75, 3.05) is 5.73 Å². The van der Waals surface area contributed by atoms with E-state index in [-0.39, 0.29) is 10.9 Å². The maximum Gasteiger partial charge on any atom is 0.240 e.